The molecule has 178 valence electrons. The molecule has 3 rings (SSSR count). The van der Waals surface area contributed by atoms with E-state index < -0.39 is 11.8 Å². The molecule has 0 saturated carbocycles. The van der Waals surface area contributed by atoms with Gasteiger partial charge in [-0.05, 0) is 48.9 Å². The van der Waals surface area contributed by atoms with Crippen molar-refractivity contribution in [3.8, 4) is 11.5 Å². The lowest BCUT2D eigenvalue weighted by atomic mass is 10.1. The standard InChI is InChI=1S/C26H29N3O5/c1-29(20-9-5-4-6-10-20)15-8-14-27-26(31)22(18-21-11-7-16-34-21)28-25(30)19-12-13-23(32-2)24(17-19)33-3/h4-7,9-13,16-18H,8,14-15H2,1-3H3,(H,27,31)(H,28,30)/b22-18-. The number of nitrogens with zero attached hydrogens (tertiary/aromatic N) is 1. The Morgan fingerprint density at radius 1 is 1.00 bits per heavy atom. The van der Waals surface area contributed by atoms with Gasteiger partial charge in [0.2, 0.25) is 0 Å². The van der Waals surface area contributed by atoms with Gasteiger partial charge in [-0.25, -0.2) is 0 Å². The SMILES string of the molecule is COc1ccc(C(=O)N/C(=C\c2ccco2)C(=O)NCCCN(C)c2ccccc2)cc1OC. The summed E-state index contributed by atoms with van der Waals surface area (Å²) in [5, 5.41) is 5.54. The van der Waals surface area contributed by atoms with Crippen LogP contribution in [0, 0.1) is 0 Å². The van der Waals surface area contributed by atoms with E-state index in [1.807, 2.05) is 37.4 Å². The Balaban J connectivity index is 1.64. The molecule has 2 N–H and O–H groups in total. The summed E-state index contributed by atoms with van der Waals surface area (Å²) in [5.41, 5.74) is 1.50. The summed E-state index contributed by atoms with van der Waals surface area (Å²) in [5.74, 6) is 0.495. The number of amides is 2. The Morgan fingerprint density at radius 2 is 1.76 bits per heavy atom. The molecule has 34 heavy (non-hydrogen) atoms. The predicted octanol–water partition coefficient (Wildman–Crippen LogP) is 3.71. The van der Waals surface area contributed by atoms with Crippen LogP contribution >= 0.6 is 0 Å². The predicted molar refractivity (Wildman–Crippen MR) is 131 cm³/mol. The van der Waals surface area contributed by atoms with Gasteiger partial charge in [0, 0.05) is 37.5 Å². The summed E-state index contributed by atoms with van der Waals surface area (Å²) in [6.07, 6.45) is 3.72. The number of furan rings is 1. The molecule has 0 aliphatic rings. The molecule has 1 heterocycles. The van der Waals surface area contributed by atoms with Crippen molar-refractivity contribution in [2.45, 2.75) is 6.42 Å². The Labute approximate surface area is 199 Å². The van der Waals surface area contributed by atoms with Crippen LogP contribution in [0.2, 0.25) is 0 Å². The van der Waals surface area contributed by atoms with Crippen LogP contribution < -0.4 is 25.0 Å². The van der Waals surface area contributed by atoms with Gasteiger partial charge in [-0.3, -0.25) is 9.59 Å². The molecule has 1 aromatic heterocycles. The second kappa shape index (κ2) is 12.2. The fourth-order valence-electron chi connectivity index (χ4n) is 3.27. The fourth-order valence-corrected chi connectivity index (χ4v) is 3.27. The lowest BCUT2D eigenvalue weighted by Gasteiger charge is -2.19. The number of rotatable bonds is 11. The molecule has 3 aromatic rings. The Kier molecular flexibility index (Phi) is 8.73. The first-order valence-corrected chi connectivity index (χ1v) is 10.8. The van der Waals surface area contributed by atoms with E-state index in [9.17, 15) is 9.59 Å². The summed E-state index contributed by atoms with van der Waals surface area (Å²) in [6, 6.07) is 18.2. The number of methoxy groups -OCH3 is 2. The number of hydrogen-bond donors (Lipinski definition) is 2. The fraction of sp³-hybridized carbons (Fsp3) is 0.231. The number of ether oxygens (including phenoxy) is 2. The van der Waals surface area contributed by atoms with Crippen molar-refractivity contribution in [1.29, 1.82) is 0 Å². The summed E-state index contributed by atoms with van der Waals surface area (Å²) in [7, 11) is 5.01. The first-order valence-electron chi connectivity index (χ1n) is 10.8. The van der Waals surface area contributed by atoms with Crippen LogP contribution in [0.4, 0.5) is 5.69 Å². The van der Waals surface area contributed by atoms with Gasteiger partial charge >= 0.3 is 0 Å². The molecule has 8 heteroatoms. The number of anilines is 1. The highest BCUT2D eigenvalue weighted by Gasteiger charge is 2.17. The van der Waals surface area contributed by atoms with E-state index in [2.05, 4.69) is 15.5 Å². The maximum Gasteiger partial charge on any atom is 0.267 e. The van der Waals surface area contributed by atoms with Gasteiger partial charge in [-0.1, -0.05) is 18.2 Å². The van der Waals surface area contributed by atoms with E-state index in [0.29, 0.717) is 29.4 Å². The topological polar surface area (TPSA) is 93.0 Å². The average Bonchev–Trinajstić information content (AvgIpc) is 3.39. The summed E-state index contributed by atoms with van der Waals surface area (Å²) < 4.78 is 15.8. The van der Waals surface area contributed by atoms with E-state index >= 15 is 0 Å². The zero-order valence-corrected chi connectivity index (χ0v) is 19.5. The quantitative estimate of drug-likeness (QED) is 0.333. The second-order valence-electron chi connectivity index (χ2n) is 7.46. The first-order chi connectivity index (χ1) is 16.5. The van der Waals surface area contributed by atoms with Crippen molar-refractivity contribution in [3.63, 3.8) is 0 Å². The minimum Gasteiger partial charge on any atom is -0.493 e. The van der Waals surface area contributed by atoms with Gasteiger partial charge in [0.25, 0.3) is 11.8 Å². The van der Waals surface area contributed by atoms with Crippen molar-refractivity contribution < 1.29 is 23.5 Å². The third-order valence-electron chi connectivity index (χ3n) is 5.12. The number of benzene rings is 2. The van der Waals surface area contributed by atoms with Crippen LogP contribution in [0.3, 0.4) is 0 Å². The van der Waals surface area contributed by atoms with Crippen molar-refractivity contribution in [2.75, 3.05) is 39.3 Å². The van der Waals surface area contributed by atoms with Crippen molar-refractivity contribution in [1.82, 2.24) is 10.6 Å². The third kappa shape index (κ3) is 6.65. The third-order valence-corrected chi connectivity index (χ3v) is 5.12. The number of hydrogen-bond acceptors (Lipinski definition) is 6. The number of nitrogens with one attached hydrogen (secondary N) is 2. The molecule has 2 amide bonds. The van der Waals surface area contributed by atoms with Crippen LogP contribution in [0.5, 0.6) is 11.5 Å². The summed E-state index contributed by atoms with van der Waals surface area (Å²) in [4.78, 5) is 27.9. The van der Waals surface area contributed by atoms with Crippen molar-refractivity contribution >= 4 is 23.6 Å². The Hall–Kier alpha value is -4.20. The Morgan fingerprint density at radius 3 is 2.44 bits per heavy atom. The van der Waals surface area contributed by atoms with Gasteiger partial charge in [-0.15, -0.1) is 0 Å². The normalized spacial score (nSPS) is 11.0. The first kappa shape index (κ1) is 24.4. The molecule has 2 aromatic carbocycles. The molecule has 0 aliphatic carbocycles. The lowest BCUT2D eigenvalue weighted by Crippen LogP contribution is -2.36. The number of carbonyl (C=O) groups is 2. The van der Waals surface area contributed by atoms with E-state index in [0.717, 1.165) is 18.7 Å². The maximum atomic E-state index is 12.9. The Bertz CT molecular complexity index is 1110. The minimum atomic E-state index is -0.460. The highest BCUT2D eigenvalue weighted by Crippen LogP contribution is 2.27. The van der Waals surface area contributed by atoms with E-state index in [-0.39, 0.29) is 5.70 Å². The second-order valence-corrected chi connectivity index (χ2v) is 7.46. The minimum absolute atomic E-state index is 0.0751. The summed E-state index contributed by atoms with van der Waals surface area (Å²) >= 11 is 0. The van der Waals surface area contributed by atoms with Crippen LogP contribution in [0.1, 0.15) is 22.5 Å². The summed E-state index contributed by atoms with van der Waals surface area (Å²) in [6.45, 7) is 1.21. The number of para-hydroxylation sites is 1. The monoisotopic (exact) mass is 463 g/mol. The van der Waals surface area contributed by atoms with E-state index in [1.165, 1.54) is 26.6 Å². The van der Waals surface area contributed by atoms with Crippen LogP contribution in [0.25, 0.3) is 6.08 Å². The number of carbonyl (C=O) groups excluding carboxylic acids is 2. The molecule has 0 aliphatic heterocycles. The highest BCUT2D eigenvalue weighted by molar-refractivity contribution is 6.05. The van der Waals surface area contributed by atoms with Gasteiger partial charge < -0.3 is 29.4 Å². The molecular weight excluding hydrogens is 434 g/mol. The van der Waals surface area contributed by atoms with Gasteiger partial charge in [0.1, 0.15) is 11.5 Å². The zero-order chi connectivity index (χ0) is 24.3. The lowest BCUT2D eigenvalue weighted by molar-refractivity contribution is -0.117. The molecule has 8 nitrogen and oxygen atoms in total. The van der Waals surface area contributed by atoms with Crippen LogP contribution in [0.15, 0.2) is 77.0 Å². The van der Waals surface area contributed by atoms with Gasteiger partial charge in [0.05, 0.1) is 20.5 Å². The molecular formula is C26H29N3O5. The van der Waals surface area contributed by atoms with Crippen molar-refractivity contribution in [3.05, 3.63) is 83.9 Å². The smallest absolute Gasteiger partial charge is 0.267 e. The van der Waals surface area contributed by atoms with E-state index in [1.54, 1.807) is 30.3 Å². The molecule has 0 unspecified atom stereocenters. The largest absolute Gasteiger partial charge is 0.493 e. The molecule has 0 saturated heterocycles. The molecule has 0 atom stereocenters. The molecule has 0 spiro atoms. The molecule has 0 fully saturated rings. The van der Waals surface area contributed by atoms with Crippen LogP contribution in [-0.4, -0.2) is 46.2 Å². The van der Waals surface area contributed by atoms with Crippen LogP contribution in [-0.2, 0) is 4.79 Å². The van der Waals surface area contributed by atoms with E-state index in [4.69, 9.17) is 13.9 Å². The zero-order valence-electron chi connectivity index (χ0n) is 19.5. The molecule has 0 radical (unpaired) electrons. The molecule has 0 bridgehead atoms. The van der Waals surface area contributed by atoms with Gasteiger partial charge in [0.15, 0.2) is 11.5 Å². The van der Waals surface area contributed by atoms with Gasteiger partial charge in [-0.2, -0.15) is 0 Å². The average molecular weight is 464 g/mol. The highest BCUT2D eigenvalue weighted by atomic mass is 16.5. The van der Waals surface area contributed by atoms with Crippen molar-refractivity contribution in [2.24, 2.45) is 0 Å². The maximum absolute atomic E-state index is 12.9.